The van der Waals surface area contributed by atoms with Crippen molar-refractivity contribution in [3.05, 3.63) is 101 Å². The number of aromatic nitrogens is 2. The molecule has 0 aliphatic heterocycles. The minimum Gasteiger partial charge on any atom is -0.347 e. The fourth-order valence-electron chi connectivity index (χ4n) is 4.45. The Bertz CT molecular complexity index is 1500. The third-order valence-corrected chi connectivity index (χ3v) is 6.41. The zero-order chi connectivity index (χ0) is 28.7. The summed E-state index contributed by atoms with van der Waals surface area (Å²) in [4.78, 5) is 30.3. The molecule has 0 unspecified atom stereocenters. The van der Waals surface area contributed by atoms with Gasteiger partial charge < -0.3 is 16.0 Å². The number of hydrogen-bond acceptors (Lipinski definition) is 4. The number of nitrogens with zero attached hydrogens (tertiary/aromatic N) is 2. The highest BCUT2D eigenvalue weighted by molar-refractivity contribution is 6.04. The van der Waals surface area contributed by atoms with E-state index in [4.69, 9.17) is 0 Å². The Balaban J connectivity index is 1.53. The van der Waals surface area contributed by atoms with Gasteiger partial charge in [-0.3, -0.25) is 14.0 Å². The first kappa shape index (κ1) is 28.8. The van der Waals surface area contributed by atoms with Gasteiger partial charge in [0.15, 0.2) is 0 Å². The van der Waals surface area contributed by atoms with E-state index < -0.39 is 17.6 Å². The van der Waals surface area contributed by atoms with E-state index in [1.54, 1.807) is 28.8 Å². The summed E-state index contributed by atoms with van der Waals surface area (Å²) in [6.45, 7) is 5.09. The number of benzene rings is 2. The molecule has 0 aliphatic rings. The second kappa shape index (κ2) is 12.8. The van der Waals surface area contributed by atoms with Crippen LogP contribution in [0.15, 0.2) is 67.0 Å². The molecule has 10 heteroatoms. The number of imidazole rings is 1. The largest absolute Gasteiger partial charge is 0.416 e. The summed E-state index contributed by atoms with van der Waals surface area (Å²) in [6.07, 6.45) is 1.16. The Morgan fingerprint density at radius 2 is 1.75 bits per heavy atom. The van der Waals surface area contributed by atoms with E-state index in [-0.39, 0.29) is 30.2 Å². The molecule has 0 saturated heterocycles. The molecule has 2 aromatic carbocycles. The highest BCUT2D eigenvalue weighted by atomic mass is 19.4. The number of hydrogen-bond donors (Lipinski definition) is 3. The Morgan fingerprint density at radius 3 is 2.50 bits per heavy atom. The number of amides is 2. The molecular formula is C30H32F3N5O2. The summed E-state index contributed by atoms with van der Waals surface area (Å²) in [5, 5.41) is 8.61. The van der Waals surface area contributed by atoms with Crippen LogP contribution in [0.5, 0.6) is 0 Å². The van der Waals surface area contributed by atoms with E-state index in [9.17, 15) is 22.8 Å². The maximum absolute atomic E-state index is 13.5. The fourth-order valence-corrected chi connectivity index (χ4v) is 4.45. The number of fused-ring (bicyclic) bond motifs is 1. The van der Waals surface area contributed by atoms with Gasteiger partial charge >= 0.3 is 6.18 Å². The maximum Gasteiger partial charge on any atom is 0.416 e. The Morgan fingerprint density at radius 1 is 0.925 bits per heavy atom. The van der Waals surface area contributed by atoms with Crippen molar-refractivity contribution in [2.75, 3.05) is 11.9 Å². The third-order valence-electron chi connectivity index (χ3n) is 6.41. The van der Waals surface area contributed by atoms with Crippen LogP contribution in [0.2, 0.25) is 0 Å². The molecule has 4 rings (SSSR count). The van der Waals surface area contributed by atoms with Crippen LogP contribution in [0.4, 0.5) is 18.9 Å². The number of rotatable bonds is 11. The van der Waals surface area contributed by atoms with Crippen molar-refractivity contribution in [3.8, 4) is 0 Å². The van der Waals surface area contributed by atoms with Crippen LogP contribution in [-0.4, -0.2) is 27.7 Å². The molecule has 2 aromatic heterocycles. The average Bonchev–Trinajstić information content (AvgIpc) is 3.36. The highest BCUT2D eigenvalue weighted by Gasteiger charge is 2.31. The second-order valence-electron chi connectivity index (χ2n) is 9.54. The van der Waals surface area contributed by atoms with E-state index in [1.807, 2.05) is 32.0 Å². The normalized spacial score (nSPS) is 11.5. The van der Waals surface area contributed by atoms with Crippen LogP contribution in [0.25, 0.3) is 5.65 Å². The SMILES string of the molecule is CCCNCc1cc(NC(=O)c2ccc(CCC)c(CNC(=O)c3cnc4ccccn34)c2)cc(C(F)(F)F)c1. The predicted octanol–water partition coefficient (Wildman–Crippen LogP) is 5.99. The molecule has 7 nitrogen and oxygen atoms in total. The number of alkyl halides is 3. The van der Waals surface area contributed by atoms with E-state index in [0.29, 0.717) is 23.4 Å². The van der Waals surface area contributed by atoms with Gasteiger partial charge in [-0.1, -0.05) is 32.4 Å². The van der Waals surface area contributed by atoms with Gasteiger partial charge in [0.05, 0.1) is 11.8 Å². The first-order valence-corrected chi connectivity index (χ1v) is 13.2. The smallest absolute Gasteiger partial charge is 0.347 e. The average molecular weight is 552 g/mol. The standard InChI is InChI=1S/C30H32F3N5O2/c1-3-7-21-9-10-22(15-23(21)18-36-29(40)26-19-35-27-8-5-6-12-38(26)27)28(39)37-25-14-20(17-34-11-4-2)13-24(16-25)30(31,32)33/h5-6,8-10,12-16,19,34H,3-4,7,11,17-18H2,1-2H3,(H,36,40)(H,37,39). The van der Waals surface area contributed by atoms with Gasteiger partial charge in [0.1, 0.15) is 11.3 Å². The van der Waals surface area contributed by atoms with Gasteiger partial charge in [0, 0.05) is 30.5 Å². The summed E-state index contributed by atoms with van der Waals surface area (Å²) < 4.78 is 42.3. The Kier molecular flexibility index (Phi) is 9.21. The topological polar surface area (TPSA) is 87.5 Å². The summed E-state index contributed by atoms with van der Waals surface area (Å²) in [7, 11) is 0. The lowest BCUT2D eigenvalue weighted by atomic mass is 9.99. The van der Waals surface area contributed by atoms with Gasteiger partial charge in [-0.25, -0.2) is 4.98 Å². The molecule has 40 heavy (non-hydrogen) atoms. The Hall–Kier alpha value is -4.18. The van der Waals surface area contributed by atoms with E-state index in [1.165, 1.54) is 12.3 Å². The fraction of sp³-hybridized carbons (Fsp3) is 0.300. The van der Waals surface area contributed by atoms with Crippen LogP contribution >= 0.6 is 0 Å². The molecule has 0 radical (unpaired) electrons. The minimum atomic E-state index is -4.55. The van der Waals surface area contributed by atoms with Crippen molar-refractivity contribution in [2.45, 2.75) is 52.4 Å². The summed E-state index contributed by atoms with van der Waals surface area (Å²) in [5.74, 6) is -0.853. The third kappa shape index (κ3) is 7.06. The van der Waals surface area contributed by atoms with E-state index in [2.05, 4.69) is 20.9 Å². The van der Waals surface area contributed by atoms with Crippen molar-refractivity contribution in [2.24, 2.45) is 0 Å². The molecule has 0 aliphatic carbocycles. The van der Waals surface area contributed by atoms with Crippen LogP contribution in [0.3, 0.4) is 0 Å². The summed E-state index contributed by atoms with van der Waals surface area (Å²) in [6, 6.07) is 14.1. The molecule has 2 amide bonds. The van der Waals surface area contributed by atoms with Gasteiger partial charge in [0.25, 0.3) is 11.8 Å². The number of nitrogens with one attached hydrogen (secondary N) is 3. The van der Waals surface area contributed by atoms with E-state index in [0.717, 1.165) is 42.5 Å². The first-order chi connectivity index (χ1) is 19.2. The molecule has 4 aromatic rings. The van der Waals surface area contributed by atoms with Crippen molar-refractivity contribution in [3.63, 3.8) is 0 Å². The lowest BCUT2D eigenvalue weighted by Gasteiger charge is -2.15. The monoisotopic (exact) mass is 551 g/mol. The molecular weight excluding hydrogens is 519 g/mol. The van der Waals surface area contributed by atoms with E-state index >= 15 is 0 Å². The predicted molar refractivity (Wildman–Crippen MR) is 148 cm³/mol. The lowest BCUT2D eigenvalue weighted by molar-refractivity contribution is -0.137. The minimum absolute atomic E-state index is 0.0632. The van der Waals surface area contributed by atoms with Crippen LogP contribution < -0.4 is 16.0 Å². The number of pyridine rings is 1. The number of anilines is 1. The van der Waals surface area contributed by atoms with Crippen LogP contribution in [0, 0.1) is 0 Å². The van der Waals surface area contributed by atoms with Crippen molar-refractivity contribution >= 4 is 23.1 Å². The van der Waals surface area contributed by atoms with Crippen LogP contribution in [-0.2, 0) is 25.7 Å². The summed E-state index contributed by atoms with van der Waals surface area (Å²) in [5.41, 5.74) is 2.70. The molecule has 0 bridgehead atoms. The number of halogens is 3. The molecule has 0 saturated carbocycles. The van der Waals surface area contributed by atoms with Crippen molar-refractivity contribution < 1.29 is 22.8 Å². The zero-order valence-electron chi connectivity index (χ0n) is 22.4. The Labute approximate surface area is 230 Å². The number of aryl methyl sites for hydroxylation is 1. The highest BCUT2D eigenvalue weighted by Crippen LogP contribution is 2.32. The van der Waals surface area contributed by atoms with Crippen molar-refractivity contribution in [1.29, 1.82) is 0 Å². The molecule has 0 fully saturated rings. The number of carbonyl (C=O) groups excluding carboxylic acids is 2. The first-order valence-electron chi connectivity index (χ1n) is 13.2. The maximum atomic E-state index is 13.5. The van der Waals surface area contributed by atoms with Gasteiger partial charge in [0.2, 0.25) is 0 Å². The van der Waals surface area contributed by atoms with Crippen LogP contribution in [0.1, 0.15) is 69.8 Å². The van der Waals surface area contributed by atoms with Gasteiger partial charge in [-0.15, -0.1) is 0 Å². The quantitative estimate of drug-likeness (QED) is 0.200. The lowest BCUT2D eigenvalue weighted by Crippen LogP contribution is -2.25. The number of carbonyl (C=O) groups is 2. The molecule has 2 heterocycles. The van der Waals surface area contributed by atoms with Crippen molar-refractivity contribution in [1.82, 2.24) is 20.0 Å². The second-order valence-corrected chi connectivity index (χ2v) is 9.54. The molecule has 0 spiro atoms. The molecule has 210 valence electrons. The summed E-state index contributed by atoms with van der Waals surface area (Å²) >= 11 is 0. The van der Waals surface area contributed by atoms with Gasteiger partial charge in [-0.2, -0.15) is 13.2 Å². The molecule has 3 N–H and O–H groups in total. The van der Waals surface area contributed by atoms with Gasteiger partial charge in [-0.05, 0) is 78.5 Å². The molecule has 0 atom stereocenters. The zero-order valence-corrected chi connectivity index (χ0v) is 22.4.